The highest BCUT2D eigenvalue weighted by molar-refractivity contribution is 5.83. The predicted molar refractivity (Wildman–Crippen MR) is 79.7 cm³/mol. The van der Waals surface area contributed by atoms with Crippen molar-refractivity contribution in [3.8, 4) is 0 Å². The van der Waals surface area contributed by atoms with Gasteiger partial charge >= 0.3 is 0 Å². The van der Waals surface area contributed by atoms with E-state index in [-0.39, 0.29) is 5.91 Å². The van der Waals surface area contributed by atoms with Crippen LogP contribution >= 0.6 is 0 Å². The molecule has 0 aliphatic heterocycles. The van der Waals surface area contributed by atoms with Crippen molar-refractivity contribution in [3.05, 3.63) is 34.7 Å². The Bertz CT molecular complexity index is 622. The van der Waals surface area contributed by atoms with E-state index in [1.807, 2.05) is 32.3 Å². The number of hydrogen-bond acceptors (Lipinski definition) is 4. The van der Waals surface area contributed by atoms with Crippen molar-refractivity contribution in [2.75, 3.05) is 6.54 Å². The number of nitrogens with zero attached hydrogens (tertiary/aromatic N) is 3. The van der Waals surface area contributed by atoms with Crippen LogP contribution in [0.4, 0.5) is 0 Å². The molecule has 0 aliphatic rings. The number of carbonyl (C=O) groups excluding carboxylic acids is 1. The standard InChI is InChI=1S/C14H22N6O/c1-8-11(4)20(7-17-8)6-5-16-14(21)13(15)12-9(2)18-19-10(12)3/h7,13H,5-6,15H2,1-4H3,(H,16,21)(H,18,19)/t13-/m0/s1. The lowest BCUT2D eigenvalue weighted by Crippen LogP contribution is -2.36. The number of nitrogens with one attached hydrogen (secondary N) is 2. The molecule has 1 atom stereocenters. The van der Waals surface area contributed by atoms with Crippen molar-refractivity contribution in [2.45, 2.75) is 40.3 Å². The lowest BCUT2D eigenvalue weighted by Gasteiger charge is -2.13. The van der Waals surface area contributed by atoms with Crippen molar-refractivity contribution in [1.82, 2.24) is 25.1 Å². The van der Waals surface area contributed by atoms with Crippen molar-refractivity contribution < 1.29 is 4.79 Å². The fourth-order valence-corrected chi connectivity index (χ4v) is 2.33. The van der Waals surface area contributed by atoms with Crippen molar-refractivity contribution in [2.24, 2.45) is 5.73 Å². The van der Waals surface area contributed by atoms with Gasteiger partial charge in [-0.15, -0.1) is 0 Å². The molecule has 1 amide bonds. The average Bonchev–Trinajstić information content (AvgIpc) is 2.94. The highest BCUT2D eigenvalue weighted by Crippen LogP contribution is 2.17. The Kier molecular flexibility index (Phi) is 4.42. The fourth-order valence-electron chi connectivity index (χ4n) is 2.33. The second kappa shape index (κ2) is 6.09. The molecule has 0 unspecified atom stereocenters. The molecule has 2 aromatic rings. The number of hydrogen-bond donors (Lipinski definition) is 3. The SMILES string of the molecule is Cc1n[nH]c(C)c1[C@H](N)C(=O)NCCn1cnc(C)c1C. The van der Waals surface area contributed by atoms with Gasteiger partial charge < -0.3 is 15.6 Å². The van der Waals surface area contributed by atoms with E-state index in [9.17, 15) is 4.79 Å². The highest BCUT2D eigenvalue weighted by atomic mass is 16.2. The molecule has 0 fully saturated rings. The van der Waals surface area contributed by atoms with Gasteiger partial charge in [-0.05, 0) is 27.7 Å². The van der Waals surface area contributed by atoms with Crippen LogP contribution < -0.4 is 11.1 Å². The van der Waals surface area contributed by atoms with Crippen molar-refractivity contribution >= 4 is 5.91 Å². The Hall–Kier alpha value is -2.15. The average molecular weight is 290 g/mol. The molecule has 21 heavy (non-hydrogen) atoms. The molecule has 7 heteroatoms. The zero-order valence-electron chi connectivity index (χ0n) is 12.9. The van der Waals surface area contributed by atoms with Crippen LogP contribution in [0.3, 0.4) is 0 Å². The molecule has 7 nitrogen and oxygen atoms in total. The number of imidazole rings is 1. The van der Waals surface area contributed by atoms with Gasteiger partial charge in [-0.2, -0.15) is 5.10 Å². The van der Waals surface area contributed by atoms with Crippen molar-refractivity contribution in [1.29, 1.82) is 0 Å². The van der Waals surface area contributed by atoms with Gasteiger partial charge in [0.15, 0.2) is 0 Å². The summed E-state index contributed by atoms with van der Waals surface area (Å²) in [4.78, 5) is 16.3. The number of H-pyrrole nitrogens is 1. The molecule has 0 aromatic carbocycles. The summed E-state index contributed by atoms with van der Waals surface area (Å²) in [6.07, 6.45) is 1.78. The van der Waals surface area contributed by atoms with Crippen LogP contribution in [0.2, 0.25) is 0 Å². The summed E-state index contributed by atoms with van der Waals surface area (Å²) >= 11 is 0. The van der Waals surface area contributed by atoms with E-state index < -0.39 is 6.04 Å². The molecule has 0 saturated carbocycles. The van der Waals surface area contributed by atoms with Gasteiger partial charge in [0.1, 0.15) is 6.04 Å². The maximum absolute atomic E-state index is 12.1. The molecule has 0 radical (unpaired) electrons. The topological polar surface area (TPSA) is 102 Å². The zero-order chi connectivity index (χ0) is 15.6. The summed E-state index contributed by atoms with van der Waals surface area (Å²) in [6, 6.07) is -0.700. The first-order valence-corrected chi connectivity index (χ1v) is 6.95. The van der Waals surface area contributed by atoms with Crippen LogP contribution in [0.25, 0.3) is 0 Å². The number of carbonyl (C=O) groups is 1. The summed E-state index contributed by atoms with van der Waals surface area (Å²) in [5.74, 6) is -0.197. The smallest absolute Gasteiger partial charge is 0.241 e. The minimum Gasteiger partial charge on any atom is -0.353 e. The number of aromatic nitrogens is 4. The molecule has 4 N–H and O–H groups in total. The Morgan fingerprint density at radius 3 is 2.62 bits per heavy atom. The van der Waals surface area contributed by atoms with E-state index >= 15 is 0 Å². The quantitative estimate of drug-likeness (QED) is 0.752. The van der Waals surface area contributed by atoms with E-state index in [0.29, 0.717) is 13.1 Å². The van der Waals surface area contributed by atoms with Crippen LogP contribution in [0.15, 0.2) is 6.33 Å². The van der Waals surface area contributed by atoms with Gasteiger partial charge in [0, 0.05) is 30.0 Å². The molecule has 2 aromatic heterocycles. The minimum absolute atomic E-state index is 0.197. The molecular weight excluding hydrogens is 268 g/mol. The second-order valence-electron chi connectivity index (χ2n) is 5.23. The molecule has 0 bridgehead atoms. The number of aromatic amines is 1. The minimum atomic E-state index is -0.700. The number of aryl methyl sites for hydroxylation is 3. The Morgan fingerprint density at radius 2 is 2.10 bits per heavy atom. The molecule has 2 rings (SSSR count). The molecule has 0 saturated heterocycles. The molecular formula is C14H22N6O. The van der Waals surface area contributed by atoms with Gasteiger partial charge in [0.2, 0.25) is 5.91 Å². The Morgan fingerprint density at radius 1 is 1.38 bits per heavy atom. The summed E-state index contributed by atoms with van der Waals surface area (Å²) in [5, 5.41) is 9.76. The molecule has 0 aliphatic carbocycles. The largest absolute Gasteiger partial charge is 0.353 e. The zero-order valence-corrected chi connectivity index (χ0v) is 12.9. The second-order valence-corrected chi connectivity index (χ2v) is 5.23. The molecule has 114 valence electrons. The van der Waals surface area contributed by atoms with E-state index in [1.54, 1.807) is 6.33 Å². The third kappa shape index (κ3) is 3.13. The summed E-state index contributed by atoms with van der Waals surface area (Å²) in [7, 11) is 0. The third-order valence-corrected chi connectivity index (χ3v) is 3.78. The first kappa shape index (κ1) is 15.2. The summed E-state index contributed by atoms with van der Waals surface area (Å²) in [6.45, 7) is 8.86. The first-order valence-electron chi connectivity index (χ1n) is 6.95. The van der Waals surface area contributed by atoms with Crippen LogP contribution in [-0.4, -0.2) is 32.2 Å². The van der Waals surface area contributed by atoms with E-state index in [2.05, 4.69) is 20.5 Å². The third-order valence-electron chi connectivity index (χ3n) is 3.78. The number of rotatable bonds is 5. The van der Waals surface area contributed by atoms with Gasteiger partial charge in [0.25, 0.3) is 0 Å². The van der Waals surface area contributed by atoms with Crippen LogP contribution in [0.1, 0.15) is 34.4 Å². The maximum Gasteiger partial charge on any atom is 0.241 e. The Labute approximate surface area is 123 Å². The monoisotopic (exact) mass is 290 g/mol. The molecule has 2 heterocycles. The van der Waals surface area contributed by atoms with E-state index in [4.69, 9.17) is 5.73 Å². The highest BCUT2D eigenvalue weighted by Gasteiger charge is 2.21. The molecule has 0 spiro atoms. The van der Waals surface area contributed by atoms with Crippen molar-refractivity contribution in [3.63, 3.8) is 0 Å². The summed E-state index contributed by atoms with van der Waals surface area (Å²) < 4.78 is 2.01. The normalized spacial score (nSPS) is 12.4. The number of nitrogens with two attached hydrogens (primary N) is 1. The Balaban J connectivity index is 1.92. The first-order chi connectivity index (χ1) is 9.91. The van der Waals surface area contributed by atoms with Gasteiger partial charge in [0.05, 0.1) is 17.7 Å². The fraction of sp³-hybridized carbons (Fsp3) is 0.500. The van der Waals surface area contributed by atoms with Crippen LogP contribution in [0.5, 0.6) is 0 Å². The van der Waals surface area contributed by atoms with Gasteiger partial charge in [-0.25, -0.2) is 4.98 Å². The summed E-state index contributed by atoms with van der Waals surface area (Å²) in [5.41, 5.74) is 10.5. The predicted octanol–water partition coefficient (Wildman–Crippen LogP) is 0.656. The lowest BCUT2D eigenvalue weighted by atomic mass is 10.1. The van der Waals surface area contributed by atoms with E-state index in [0.717, 1.165) is 28.3 Å². The maximum atomic E-state index is 12.1. The number of amides is 1. The lowest BCUT2D eigenvalue weighted by molar-refractivity contribution is -0.122. The van der Waals surface area contributed by atoms with E-state index in [1.165, 1.54) is 0 Å². The van der Waals surface area contributed by atoms with Gasteiger partial charge in [-0.3, -0.25) is 9.89 Å². The van der Waals surface area contributed by atoms with Crippen LogP contribution in [0, 0.1) is 27.7 Å². The van der Waals surface area contributed by atoms with Gasteiger partial charge in [-0.1, -0.05) is 0 Å². The van der Waals surface area contributed by atoms with Crippen LogP contribution in [-0.2, 0) is 11.3 Å².